The molecule has 0 aliphatic rings. The predicted molar refractivity (Wildman–Crippen MR) is 114 cm³/mol. The van der Waals surface area contributed by atoms with Crippen LogP contribution in [-0.4, -0.2) is 36.2 Å². The highest BCUT2D eigenvalue weighted by molar-refractivity contribution is 7.92. The van der Waals surface area contributed by atoms with Crippen molar-refractivity contribution in [2.75, 3.05) is 17.1 Å². The Morgan fingerprint density at radius 3 is 2.57 bits per heavy atom. The lowest BCUT2D eigenvalue weighted by molar-refractivity contribution is 0.103. The van der Waals surface area contributed by atoms with Crippen molar-refractivity contribution in [3.63, 3.8) is 0 Å². The monoisotopic (exact) mass is 450 g/mol. The van der Waals surface area contributed by atoms with E-state index in [9.17, 15) is 17.6 Å². The number of aliphatic hydroxyl groups excluding tert-OH is 1. The van der Waals surface area contributed by atoms with Crippen molar-refractivity contribution < 1.29 is 22.7 Å². The highest BCUT2D eigenvalue weighted by atomic mass is 35.5. The van der Waals surface area contributed by atoms with Crippen LogP contribution in [-0.2, 0) is 23.5 Å². The Hall–Kier alpha value is -2.68. The van der Waals surface area contributed by atoms with Crippen molar-refractivity contribution in [2.24, 2.45) is 7.05 Å². The van der Waals surface area contributed by atoms with Gasteiger partial charge in [-0.05, 0) is 42.0 Å². The molecule has 0 saturated heterocycles. The molecule has 2 aromatic carbocycles. The number of aliphatic hydroxyl groups is 1. The molecule has 0 bridgehead atoms. The lowest BCUT2D eigenvalue weighted by Gasteiger charge is -2.11. The number of benzene rings is 2. The largest absolute Gasteiger partial charge is 0.395 e. The summed E-state index contributed by atoms with van der Waals surface area (Å²) in [6.07, 6.45) is 0.210. The van der Waals surface area contributed by atoms with E-state index in [0.717, 1.165) is 6.07 Å². The molecule has 158 valence electrons. The molecule has 9 heteroatoms. The molecule has 2 N–H and O–H groups in total. The molecule has 1 heterocycles. The maximum absolute atomic E-state index is 14.5. The minimum absolute atomic E-state index is 0.0752. The van der Waals surface area contributed by atoms with Crippen LogP contribution in [0.15, 0.2) is 54.6 Å². The molecule has 0 amide bonds. The minimum Gasteiger partial charge on any atom is -0.395 e. The van der Waals surface area contributed by atoms with E-state index in [1.807, 2.05) is 0 Å². The topological polar surface area (TPSA) is 88.4 Å². The van der Waals surface area contributed by atoms with E-state index < -0.39 is 28.2 Å². The Kier molecular flexibility index (Phi) is 6.60. The second-order valence-corrected chi connectivity index (χ2v) is 8.95. The molecular weight excluding hydrogens is 431 g/mol. The number of rotatable bonds is 8. The third-order valence-electron chi connectivity index (χ3n) is 4.63. The van der Waals surface area contributed by atoms with Crippen LogP contribution in [0.4, 0.5) is 10.1 Å². The van der Waals surface area contributed by atoms with E-state index in [1.165, 1.54) is 12.1 Å². The van der Waals surface area contributed by atoms with E-state index in [1.54, 1.807) is 48.0 Å². The first-order valence-electron chi connectivity index (χ1n) is 9.05. The van der Waals surface area contributed by atoms with Gasteiger partial charge < -0.3 is 9.67 Å². The first-order valence-corrected chi connectivity index (χ1v) is 11.1. The first-order chi connectivity index (χ1) is 14.2. The number of nitrogens with one attached hydrogen (secondary N) is 1. The van der Waals surface area contributed by atoms with Gasteiger partial charge in [-0.15, -0.1) is 0 Å². The molecule has 0 saturated carbocycles. The van der Waals surface area contributed by atoms with Crippen molar-refractivity contribution in [3.8, 4) is 0 Å². The highest BCUT2D eigenvalue weighted by Gasteiger charge is 2.18. The summed E-state index contributed by atoms with van der Waals surface area (Å²) >= 11 is 6.12. The molecule has 0 unspecified atom stereocenters. The van der Waals surface area contributed by atoms with Gasteiger partial charge in [-0.3, -0.25) is 9.52 Å². The van der Waals surface area contributed by atoms with E-state index in [4.69, 9.17) is 16.7 Å². The van der Waals surface area contributed by atoms with Crippen LogP contribution in [0.1, 0.15) is 27.3 Å². The Labute approximate surface area is 179 Å². The lowest BCUT2D eigenvalue weighted by Crippen LogP contribution is -2.19. The normalized spacial score (nSPS) is 11.5. The average Bonchev–Trinajstić information content (AvgIpc) is 3.04. The number of hydrogen-bond acceptors (Lipinski definition) is 4. The van der Waals surface area contributed by atoms with Crippen LogP contribution < -0.4 is 4.72 Å². The number of hydrogen-bond donors (Lipinski definition) is 2. The molecular formula is C21H20ClFN2O4S. The molecule has 0 aliphatic heterocycles. The standard InChI is InChI=1S/C21H20ClFN2O4S/c1-25-16(8-9-20(25)21(27)17-4-2-3-5-18(17)22)12-14-6-7-15(13-19(14)23)24-30(28,29)11-10-26/h2-9,13,24,26H,10-12H2,1H3. The lowest BCUT2D eigenvalue weighted by atomic mass is 10.1. The summed E-state index contributed by atoms with van der Waals surface area (Å²) in [5, 5.41) is 9.13. The Morgan fingerprint density at radius 2 is 1.90 bits per heavy atom. The summed E-state index contributed by atoms with van der Waals surface area (Å²) in [7, 11) is -2.02. The summed E-state index contributed by atoms with van der Waals surface area (Å²) < 4.78 is 41.8. The van der Waals surface area contributed by atoms with Crippen molar-refractivity contribution >= 4 is 33.1 Å². The summed E-state index contributed by atoms with van der Waals surface area (Å²) in [5.41, 5.74) is 1.94. The molecule has 3 aromatic rings. The zero-order chi connectivity index (χ0) is 21.9. The number of sulfonamides is 1. The molecule has 0 atom stereocenters. The van der Waals surface area contributed by atoms with Gasteiger partial charge in [-0.2, -0.15) is 0 Å². The Morgan fingerprint density at radius 1 is 1.17 bits per heavy atom. The molecule has 0 radical (unpaired) electrons. The maximum Gasteiger partial charge on any atom is 0.234 e. The van der Waals surface area contributed by atoms with Crippen LogP contribution in [0.3, 0.4) is 0 Å². The number of nitrogens with zero attached hydrogens (tertiary/aromatic N) is 1. The second kappa shape index (κ2) is 8.99. The van der Waals surface area contributed by atoms with Gasteiger partial charge in [0.05, 0.1) is 28.8 Å². The molecule has 30 heavy (non-hydrogen) atoms. The summed E-state index contributed by atoms with van der Waals surface area (Å²) in [6, 6.07) is 14.2. The van der Waals surface area contributed by atoms with Gasteiger partial charge in [0.15, 0.2) is 0 Å². The van der Waals surface area contributed by atoms with Crippen molar-refractivity contribution in [1.29, 1.82) is 0 Å². The van der Waals surface area contributed by atoms with Crippen molar-refractivity contribution in [1.82, 2.24) is 4.57 Å². The third kappa shape index (κ3) is 4.89. The van der Waals surface area contributed by atoms with Crippen LogP contribution in [0.2, 0.25) is 5.02 Å². The van der Waals surface area contributed by atoms with Crippen LogP contribution >= 0.6 is 11.6 Å². The fourth-order valence-electron chi connectivity index (χ4n) is 3.04. The zero-order valence-corrected chi connectivity index (χ0v) is 17.7. The van der Waals surface area contributed by atoms with Crippen molar-refractivity contribution in [2.45, 2.75) is 6.42 Å². The second-order valence-electron chi connectivity index (χ2n) is 6.71. The fourth-order valence-corrected chi connectivity index (χ4v) is 4.09. The number of anilines is 1. The minimum atomic E-state index is -3.74. The number of ketones is 1. The smallest absolute Gasteiger partial charge is 0.234 e. The van der Waals surface area contributed by atoms with Gasteiger partial charge >= 0.3 is 0 Å². The highest BCUT2D eigenvalue weighted by Crippen LogP contribution is 2.23. The molecule has 6 nitrogen and oxygen atoms in total. The van der Waals surface area contributed by atoms with E-state index in [2.05, 4.69) is 4.72 Å². The van der Waals surface area contributed by atoms with Crippen LogP contribution in [0.5, 0.6) is 0 Å². The van der Waals surface area contributed by atoms with Gasteiger partial charge in [-0.1, -0.05) is 29.8 Å². The SMILES string of the molecule is Cn1c(Cc2ccc(NS(=O)(=O)CCO)cc2F)ccc1C(=O)c1ccccc1Cl. The Bertz CT molecular complexity index is 1190. The summed E-state index contributed by atoms with van der Waals surface area (Å²) in [5.74, 6) is -1.29. The van der Waals surface area contributed by atoms with Crippen LogP contribution in [0.25, 0.3) is 0 Å². The molecule has 1 aromatic heterocycles. The quantitative estimate of drug-likeness (QED) is 0.515. The molecule has 0 aliphatic carbocycles. The number of carbonyl (C=O) groups excluding carboxylic acids is 1. The summed E-state index contributed by atoms with van der Waals surface area (Å²) in [6.45, 7) is -0.529. The third-order valence-corrected chi connectivity index (χ3v) is 6.23. The molecule has 0 spiro atoms. The molecule has 3 rings (SSSR count). The van der Waals surface area contributed by atoms with Gasteiger partial charge in [0.25, 0.3) is 0 Å². The predicted octanol–water partition coefficient (Wildman–Crippen LogP) is 3.37. The number of aromatic nitrogens is 1. The summed E-state index contributed by atoms with van der Waals surface area (Å²) in [4.78, 5) is 12.8. The maximum atomic E-state index is 14.5. The zero-order valence-electron chi connectivity index (χ0n) is 16.1. The fraction of sp³-hybridized carbons (Fsp3) is 0.190. The van der Waals surface area contributed by atoms with E-state index in [-0.39, 0.29) is 17.9 Å². The Balaban J connectivity index is 1.81. The van der Waals surface area contributed by atoms with Gasteiger partial charge in [0.1, 0.15) is 5.82 Å². The van der Waals surface area contributed by atoms with Gasteiger partial charge in [-0.25, -0.2) is 12.8 Å². The molecule has 0 fully saturated rings. The van der Waals surface area contributed by atoms with Gasteiger partial charge in [0, 0.05) is 24.7 Å². The average molecular weight is 451 g/mol. The van der Waals surface area contributed by atoms with Gasteiger partial charge in [0.2, 0.25) is 15.8 Å². The van der Waals surface area contributed by atoms with Crippen molar-refractivity contribution in [3.05, 3.63) is 88.0 Å². The van der Waals surface area contributed by atoms with Crippen LogP contribution in [0, 0.1) is 5.82 Å². The first kappa shape index (κ1) is 22.0. The van der Waals surface area contributed by atoms with E-state index in [0.29, 0.717) is 27.5 Å². The van der Waals surface area contributed by atoms with E-state index >= 15 is 0 Å². The number of carbonyl (C=O) groups is 1. The number of halogens is 2.